The van der Waals surface area contributed by atoms with E-state index in [2.05, 4.69) is 47.7 Å². The number of aromatic nitrogens is 2. The van der Waals surface area contributed by atoms with E-state index in [9.17, 15) is 0 Å². The minimum Gasteiger partial charge on any atom is -0.381 e. The monoisotopic (exact) mass is 241 g/mol. The fourth-order valence-electron chi connectivity index (χ4n) is 2.72. The first-order valence-electron chi connectivity index (χ1n) is 6.55. The number of benzene rings is 1. The van der Waals surface area contributed by atoms with Crippen LogP contribution in [-0.2, 0) is 19.9 Å². The summed E-state index contributed by atoms with van der Waals surface area (Å²) in [7, 11) is 1.97. The summed E-state index contributed by atoms with van der Waals surface area (Å²) >= 11 is 0. The van der Waals surface area contributed by atoms with E-state index in [1.165, 1.54) is 16.9 Å². The van der Waals surface area contributed by atoms with E-state index >= 15 is 0 Å². The lowest BCUT2D eigenvalue weighted by atomic mass is 9.86. The predicted octanol–water partition coefficient (Wildman–Crippen LogP) is 2.64. The van der Waals surface area contributed by atoms with Crippen molar-refractivity contribution in [3.05, 3.63) is 47.8 Å². The predicted molar refractivity (Wildman–Crippen MR) is 73.6 cm³/mol. The number of para-hydroxylation sites is 1. The zero-order chi connectivity index (χ0) is 12.5. The molecule has 0 radical (unpaired) electrons. The molecule has 2 atom stereocenters. The largest absolute Gasteiger partial charge is 0.381 e. The van der Waals surface area contributed by atoms with Gasteiger partial charge in [-0.3, -0.25) is 4.68 Å². The molecule has 2 unspecified atom stereocenters. The number of nitrogens with zero attached hydrogens (tertiary/aromatic N) is 2. The number of rotatable bonds is 2. The molecule has 0 aliphatic carbocycles. The normalized spacial score (nSPS) is 22.3. The molecular weight excluding hydrogens is 222 g/mol. The molecule has 1 aliphatic rings. The lowest BCUT2D eigenvalue weighted by molar-refractivity contribution is 0.457. The highest BCUT2D eigenvalue weighted by Gasteiger charge is 2.24. The lowest BCUT2D eigenvalue weighted by Crippen LogP contribution is -2.35. The Morgan fingerprint density at radius 3 is 2.94 bits per heavy atom. The molecule has 1 aromatic carbocycles. The molecule has 3 heteroatoms. The Morgan fingerprint density at radius 1 is 1.33 bits per heavy atom. The maximum absolute atomic E-state index is 4.47. The van der Waals surface area contributed by atoms with Gasteiger partial charge in [-0.2, -0.15) is 5.10 Å². The van der Waals surface area contributed by atoms with Crippen molar-refractivity contribution in [1.82, 2.24) is 9.78 Å². The molecule has 0 spiro atoms. The molecule has 94 valence electrons. The van der Waals surface area contributed by atoms with Crippen LogP contribution >= 0.6 is 0 Å². The Balaban J connectivity index is 1.78. The highest BCUT2D eigenvalue weighted by Crippen LogP contribution is 2.29. The second kappa shape index (κ2) is 4.48. The van der Waals surface area contributed by atoms with Gasteiger partial charge >= 0.3 is 0 Å². The van der Waals surface area contributed by atoms with Gasteiger partial charge in [-0.25, -0.2) is 0 Å². The summed E-state index contributed by atoms with van der Waals surface area (Å²) in [4.78, 5) is 0. The Hall–Kier alpha value is -1.77. The van der Waals surface area contributed by atoms with Crippen molar-refractivity contribution in [1.29, 1.82) is 0 Å². The molecule has 1 aliphatic heterocycles. The summed E-state index contributed by atoms with van der Waals surface area (Å²) < 4.78 is 1.87. The number of fused-ring (bicyclic) bond motifs is 1. The molecule has 2 heterocycles. The Bertz CT molecular complexity index is 544. The quantitative estimate of drug-likeness (QED) is 0.876. The topological polar surface area (TPSA) is 29.9 Å². The average Bonchev–Trinajstić information content (AvgIpc) is 2.76. The number of nitrogens with one attached hydrogen (secondary N) is 1. The fourth-order valence-corrected chi connectivity index (χ4v) is 2.72. The summed E-state index contributed by atoms with van der Waals surface area (Å²) in [5, 5.41) is 8.13. The van der Waals surface area contributed by atoms with Crippen LogP contribution in [0.1, 0.15) is 18.2 Å². The Morgan fingerprint density at radius 2 is 2.17 bits per heavy atom. The maximum atomic E-state index is 4.47. The molecule has 0 bridgehead atoms. The van der Waals surface area contributed by atoms with Crippen molar-refractivity contribution in [3.63, 3.8) is 0 Å². The van der Waals surface area contributed by atoms with Gasteiger partial charge in [0.15, 0.2) is 0 Å². The van der Waals surface area contributed by atoms with Crippen molar-refractivity contribution in [2.24, 2.45) is 13.0 Å². The highest BCUT2D eigenvalue weighted by atomic mass is 15.2. The van der Waals surface area contributed by atoms with Crippen LogP contribution in [0.4, 0.5) is 5.69 Å². The van der Waals surface area contributed by atoms with Crippen LogP contribution in [0, 0.1) is 5.92 Å². The van der Waals surface area contributed by atoms with Gasteiger partial charge in [0.05, 0.1) is 5.69 Å². The van der Waals surface area contributed by atoms with Crippen LogP contribution < -0.4 is 5.32 Å². The molecule has 18 heavy (non-hydrogen) atoms. The first kappa shape index (κ1) is 11.3. The lowest BCUT2D eigenvalue weighted by Gasteiger charge is -2.32. The number of anilines is 1. The average molecular weight is 241 g/mol. The molecular formula is C15H19N3. The minimum absolute atomic E-state index is 0.481. The van der Waals surface area contributed by atoms with Gasteiger partial charge in [-0.15, -0.1) is 0 Å². The zero-order valence-electron chi connectivity index (χ0n) is 10.9. The van der Waals surface area contributed by atoms with Crippen molar-refractivity contribution < 1.29 is 0 Å². The van der Waals surface area contributed by atoms with Gasteiger partial charge in [0.2, 0.25) is 0 Å². The smallest absolute Gasteiger partial charge is 0.0645 e. The Kier molecular flexibility index (Phi) is 2.82. The van der Waals surface area contributed by atoms with Gasteiger partial charge in [-0.1, -0.05) is 25.1 Å². The maximum Gasteiger partial charge on any atom is 0.0645 e. The second-order valence-corrected chi connectivity index (χ2v) is 5.27. The van der Waals surface area contributed by atoms with Crippen LogP contribution in [0.2, 0.25) is 0 Å². The summed E-state index contributed by atoms with van der Waals surface area (Å²) in [5.74, 6) is 0.641. The molecule has 1 aromatic heterocycles. The molecule has 0 amide bonds. The molecule has 1 N–H and O–H groups in total. The number of aryl methyl sites for hydroxylation is 1. The first-order chi connectivity index (χ1) is 8.72. The van der Waals surface area contributed by atoms with Gasteiger partial charge in [0.1, 0.15) is 0 Å². The zero-order valence-corrected chi connectivity index (χ0v) is 10.9. The number of hydrogen-bond acceptors (Lipinski definition) is 2. The van der Waals surface area contributed by atoms with Gasteiger partial charge < -0.3 is 5.32 Å². The Labute approximate surface area is 108 Å². The third kappa shape index (κ3) is 2.13. The van der Waals surface area contributed by atoms with Gasteiger partial charge in [-0.05, 0) is 30.0 Å². The third-order valence-corrected chi connectivity index (χ3v) is 3.78. The van der Waals surface area contributed by atoms with Gasteiger partial charge in [0, 0.05) is 31.4 Å². The summed E-state index contributed by atoms with van der Waals surface area (Å²) in [5.41, 5.74) is 3.89. The number of hydrogen-bond donors (Lipinski definition) is 1. The van der Waals surface area contributed by atoms with E-state index in [-0.39, 0.29) is 0 Å². The van der Waals surface area contributed by atoms with E-state index in [1.54, 1.807) is 0 Å². The summed E-state index contributed by atoms with van der Waals surface area (Å²) in [6.07, 6.45) is 4.16. The van der Waals surface area contributed by atoms with Crippen LogP contribution in [0.25, 0.3) is 0 Å². The van der Waals surface area contributed by atoms with Crippen molar-refractivity contribution in [2.45, 2.75) is 25.8 Å². The molecule has 2 aromatic rings. The first-order valence-corrected chi connectivity index (χ1v) is 6.55. The van der Waals surface area contributed by atoms with E-state index in [1.807, 2.05) is 17.9 Å². The molecule has 3 nitrogen and oxygen atoms in total. The van der Waals surface area contributed by atoms with Crippen LogP contribution in [0.5, 0.6) is 0 Å². The second-order valence-electron chi connectivity index (χ2n) is 5.27. The summed E-state index contributed by atoms with van der Waals surface area (Å²) in [6.45, 7) is 2.32. The van der Waals surface area contributed by atoms with Gasteiger partial charge in [0.25, 0.3) is 0 Å². The van der Waals surface area contributed by atoms with Crippen molar-refractivity contribution in [3.8, 4) is 0 Å². The highest BCUT2D eigenvalue weighted by molar-refractivity contribution is 5.54. The standard InChI is InChI=1S/C15H19N3/c1-11-9-12-5-3-4-6-14(12)16-15(11)10-13-7-8-18(2)17-13/h3-8,11,15-16H,9-10H2,1-2H3. The molecule has 0 saturated heterocycles. The summed E-state index contributed by atoms with van der Waals surface area (Å²) in [6, 6.07) is 11.2. The van der Waals surface area contributed by atoms with Crippen LogP contribution in [0.15, 0.2) is 36.5 Å². The van der Waals surface area contributed by atoms with E-state index in [0.717, 1.165) is 12.8 Å². The van der Waals surface area contributed by atoms with E-state index in [0.29, 0.717) is 12.0 Å². The fraction of sp³-hybridized carbons (Fsp3) is 0.400. The molecule has 0 fully saturated rings. The minimum atomic E-state index is 0.481. The van der Waals surface area contributed by atoms with Crippen molar-refractivity contribution in [2.75, 3.05) is 5.32 Å². The third-order valence-electron chi connectivity index (χ3n) is 3.78. The van der Waals surface area contributed by atoms with E-state index < -0.39 is 0 Å². The van der Waals surface area contributed by atoms with Crippen molar-refractivity contribution >= 4 is 5.69 Å². The van der Waals surface area contributed by atoms with E-state index in [4.69, 9.17) is 0 Å². The SMILES string of the molecule is CC1Cc2ccccc2NC1Cc1ccn(C)n1. The van der Waals surface area contributed by atoms with Crippen LogP contribution in [0.3, 0.4) is 0 Å². The molecule has 3 rings (SSSR count). The van der Waals surface area contributed by atoms with Crippen LogP contribution in [-0.4, -0.2) is 15.8 Å². The molecule has 0 saturated carbocycles.